The fraction of sp³-hybridized carbons (Fsp3) is 0.462. The Morgan fingerprint density at radius 3 is 2.66 bits per heavy atom. The van der Waals surface area contributed by atoms with Crippen LogP contribution in [0.3, 0.4) is 0 Å². The van der Waals surface area contributed by atoms with E-state index in [1.165, 1.54) is 11.1 Å². The standard InChI is InChI=1S/C26H31N3O3/c1-19(21-5-3-2-4-6-21)29-18-23(16-25(29)30)26(31)28-12-10-27(11-13-28)17-20-7-8-24-22(15-20)9-14-32-24/h2-8,15,19,23H,9-14,16-18H2,1H3/t19-,23+/m1/s1. The molecule has 2 fully saturated rings. The lowest BCUT2D eigenvalue weighted by molar-refractivity contribution is -0.137. The van der Waals surface area contributed by atoms with Gasteiger partial charge in [0.05, 0.1) is 18.6 Å². The van der Waals surface area contributed by atoms with E-state index in [9.17, 15) is 9.59 Å². The van der Waals surface area contributed by atoms with Crippen LogP contribution in [0.2, 0.25) is 0 Å². The molecule has 168 valence electrons. The number of carbonyl (C=O) groups excluding carboxylic acids is 2. The highest BCUT2D eigenvalue weighted by molar-refractivity contribution is 5.89. The van der Waals surface area contributed by atoms with E-state index in [0.29, 0.717) is 13.0 Å². The maximum Gasteiger partial charge on any atom is 0.228 e. The summed E-state index contributed by atoms with van der Waals surface area (Å²) in [6.07, 6.45) is 1.32. The maximum absolute atomic E-state index is 13.2. The molecule has 3 aliphatic heterocycles. The molecule has 0 aromatic heterocycles. The summed E-state index contributed by atoms with van der Waals surface area (Å²) in [7, 11) is 0. The topological polar surface area (TPSA) is 53.1 Å². The molecule has 5 rings (SSSR count). The zero-order valence-corrected chi connectivity index (χ0v) is 18.7. The Hall–Kier alpha value is -2.86. The van der Waals surface area contributed by atoms with Crippen LogP contribution in [-0.4, -0.2) is 65.8 Å². The van der Waals surface area contributed by atoms with E-state index < -0.39 is 0 Å². The molecule has 6 heteroatoms. The Bertz CT molecular complexity index is 985. The van der Waals surface area contributed by atoms with Crippen LogP contribution < -0.4 is 4.74 Å². The van der Waals surface area contributed by atoms with Crippen LogP contribution in [0.15, 0.2) is 48.5 Å². The first-order chi connectivity index (χ1) is 15.6. The van der Waals surface area contributed by atoms with Gasteiger partial charge < -0.3 is 14.5 Å². The number of ether oxygens (including phenoxy) is 1. The molecule has 2 aromatic carbocycles. The summed E-state index contributed by atoms with van der Waals surface area (Å²) < 4.78 is 5.60. The summed E-state index contributed by atoms with van der Waals surface area (Å²) in [5.41, 5.74) is 3.72. The van der Waals surface area contributed by atoms with E-state index in [-0.39, 0.29) is 23.8 Å². The highest BCUT2D eigenvalue weighted by Gasteiger charge is 2.39. The van der Waals surface area contributed by atoms with Crippen LogP contribution in [0.25, 0.3) is 0 Å². The molecule has 2 amide bonds. The van der Waals surface area contributed by atoms with Crippen molar-refractivity contribution in [2.24, 2.45) is 5.92 Å². The van der Waals surface area contributed by atoms with Crippen LogP contribution in [0, 0.1) is 5.92 Å². The molecule has 0 saturated carbocycles. The van der Waals surface area contributed by atoms with Crippen molar-refractivity contribution in [3.8, 4) is 5.75 Å². The van der Waals surface area contributed by atoms with Gasteiger partial charge in [-0.1, -0.05) is 42.5 Å². The number of hydrogen-bond donors (Lipinski definition) is 0. The zero-order chi connectivity index (χ0) is 22.1. The number of likely N-dealkylation sites (tertiary alicyclic amines) is 1. The molecule has 0 radical (unpaired) electrons. The Kier molecular flexibility index (Phi) is 5.87. The number of amides is 2. The lowest BCUT2D eigenvalue weighted by Crippen LogP contribution is -2.50. The lowest BCUT2D eigenvalue weighted by Gasteiger charge is -2.36. The summed E-state index contributed by atoms with van der Waals surface area (Å²) in [6, 6.07) is 16.5. The van der Waals surface area contributed by atoms with Crippen molar-refractivity contribution in [2.75, 3.05) is 39.3 Å². The summed E-state index contributed by atoms with van der Waals surface area (Å²) in [5, 5.41) is 0. The summed E-state index contributed by atoms with van der Waals surface area (Å²) in [5.74, 6) is 1.01. The number of piperazine rings is 1. The first kappa shape index (κ1) is 21.0. The average molecular weight is 434 g/mol. The first-order valence-corrected chi connectivity index (χ1v) is 11.7. The van der Waals surface area contributed by atoms with E-state index >= 15 is 0 Å². The van der Waals surface area contributed by atoms with Gasteiger partial charge in [0.2, 0.25) is 11.8 Å². The fourth-order valence-electron chi connectivity index (χ4n) is 5.16. The predicted molar refractivity (Wildman–Crippen MR) is 122 cm³/mol. The Balaban J connectivity index is 1.14. The van der Waals surface area contributed by atoms with Crippen molar-refractivity contribution >= 4 is 11.8 Å². The third kappa shape index (κ3) is 4.24. The molecule has 3 aliphatic rings. The molecule has 3 heterocycles. The summed E-state index contributed by atoms with van der Waals surface area (Å²) in [4.78, 5) is 32.1. The van der Waals surface area contributed by atoms with E-state index in [1.54, 1.807) is 0 Å². The molecule has 32 heavy (non-hydrogen) atoms. The van der Waals surface area contributed by atoms with Crippen LogP contribution in [0.5, 0.6) is 5.75 Å². The zero-order valence-electron chi connectivity index (χ0n) is 18.7. The largest absolute Gasteiger partial charge is 0.493 e. The normalized spacial score (nSPS) is 22.0. The molecule has 2 saturated heterocycles. The van der Waals surface area contributed by atoms with E-state index in [0.717, 1.165) is 57.1 Å². The predicted octanol–water partition coefficient (Wildman–Crippen LogP) is 2.88. The van der Waals surface area contributed by atoms with Gasteiger partial charge in [0.25, 0.3) is 0 Å². The van der Waals surface area contributed by atoms with Gasteiger partial charge in [-0.3, -0.25) is 14.5 Å². The second-order valence-electron chi connectivity index (χ2n) is 9.18. The van der Waals surface area contributed by atoms with E-state index in [4.69, 9.17) is 4.74 Å². The molecule has 2 aromatic rings. The van der Waals surface area contributed by atoms with Gasteiger partial charge in [-0.25, -0.2) is 0 Å². The molecule has 0 spiro atoms. The SMILES string of the molecule is C[C@H](c1ccccc1)N1C[C@@H](C(=O)N2CCN(Cc3ccc4c(c3)CCO4)CC2)CC1=O. The molecule has 0 unspecified atom stereocenters. The van der Waals surface area contributed by atoms with Gasteiger partial charge in [-0.05, 0) is 29.7 Å². The van der Waals surface area contributed by atoms with Gasteiger partial charge in [0.1, 0.15) is 5.75 Å². The van der Waals surface area contributed by atoms with Crippen molar-refractivity contribution in [3.63, 3.8) is 0 Å². The number of nitrogens with zero attached hydrogens (tertiary/aromatic N) is 3. The highest BCUT2D eigenvalue weighted by atomic mass is 16.5. The lowest BCUT2D eigenvalue weighted by atomic mass is 10.1. The number of carbonyl (C=O) groups is 2. The molecular formula is C26H31N3O3. The van der Waals surface area contributed by atoms with Crippen LogP contribution >= 0.6 is 0 Å². The Labute approximate surface area is 189 Å². The van der Waals surface area contributed by atoms with Gasteiger partial charge >= 0.3 is 0 Å². The van der Waals surface area contributed by atoms with Crippen LogP contribution in [0.4, 0.5) is 0 Å². The number of benzene rings is 2. The van der Waals surface area contributed by atoms with Crippen molar-refractivity contribution in [1.82, 2.24) is 14.7 Å². The summed E-state index contributed by atoms with van der Waals surface area (Å²) in [6.45, 7) is 7.44. The van der Waals surface area contributed by atoms with Gasteiger partial charge in [-0.2, -0.15) is 0 Å². The van der Waals surface area contributed by atoms with Crippen molar-refractivity contribution < 1.29 is 14.3 Å². The fourth-order valence-corrected chi connectivity index (χ4v) is 5.16. The maximum atomic E-state index is 13.2. The molecule has 0 aliphatic carbocycles. The molecular weight excluding hydrogens is 402 g/mol. The van der Waals surface area contributed by atoms with Crippen LogP contribution in [-0.2, 0) is 22.6 Å². The highest BCUT2D eigenvalue weighted by Crippen LogP contribution is 2.30. The minimum absolute atomic E-state index is 0.00364. The number of rotatable bonds is 5. The van der Waals surface area contributed by atoms with Crippen molar-refractivity contribution in [2.45, 2.75) is 32.4 Å². The quantitative estimate of drug-likeness (QED) is 0.728. The summed E-state index contributed by atoms with van der Waals surface area (Å²) >= 11 is 0. The third-order valence-corrected chi connectivity index (χ3v) is 7.10. The monoisotopic (exact) mass is 433 g/mol. The number of fused-ring (bicyclic) bond motifs is 1. The minimum atomic E-state index is -0.225. The van der Waals surface area contributed by atoms with Crippen molar-refractivity contribution in [1.29, 1.82) is 0 Å². The molecule has 0 bridgehead atoms. The average Bonchev–Trinajstić information content (AvgIpc) is 3.45. The third-order valence-electron chi connectivity index (χ3n) is 7.10. The van der Waals surface area contributed by atoms with Gasteiger partial charge in [-0.15, -0.1) is 0 Å². The molecule has 2 atom stereocenters. The molecule has 6 nitrogen and oxygen atoms in total. The molecule has 0 N–H and O–H groups in total. The van der Waals surface area contributed by atoms with Crippen molar-refractivity contribution in [3.05, 3.63) is 65.2 Å². The smallest absolute Gasteiger partial charge is 0.228 e. The number of hydrogen-bond acceptors (Lipinski definition) is 4. The second kappa shape index (κ2) is 8.94. The van der Waals surface area contributed by atoms with Gasteiger partial charge in [0.15, 0.2) is 0 Å². The van der Waals surface area contributed by atoms with E-state index in [1.807, 2.05) is 47.1 Å². The minimum Gasteiger partial charge on any atom is -0.493 e. The van der Waals surface area contributed by atoms with E-state index in [2.05, 4.69) is 23.1 Å². The van der Waals surface area contributed by atoms with Crippen LogP contribution in [0.1, 0.15) is 36.1 Å². The second-order valence-corrected chi connectivity index (χ2v) is 9.18. The van der Waals surface area contributed by atoms with Gasteiger partial charge in [0, 0.05) is 52.1 Å². The Morgan fingerprint density at radius 2 is 1.88 bits per heavy atom. The Morgan fingerprint density at radius 1 is 1.09 bits per heavy atom. The first-order valence-electron chi connectivity index (χ1n) is 11.7.